The Balaban J connectivity index is 1.43. The van der Waals surface area contributed by atoms with Crippen LogP contribution in [0.3, 0.4) is 0 Å². The molecule has 1 amide bonds. The Bertz CT molecular complexity index is 1120. The lowest BCUT2D eigenvalue weighted by atomic mass is 10.1. The number of carbonyl (C=O) groups excluding carboxylic acids is 1. The number of amides is 1. The van der Waals surface area contributed by atoms with Crippen LogP contribution in [0, 0.1) is 25.2 Å². The van der Waals surface area contributed by atoms with Crippen molar-refractivity contribution >= 4 is 22.2 Å². The van der Waals surface area contributed by atoms with Crippen LogP contribution in [0.1, 0.15) is 39.4 Å². The second kappa shape index (κ2) is 8.42. The lowest BCUT2D eigenvalue weighted by Gasteiger charge is -2.14. The van der Waals surface area contributed by atoms with Gasteiger partial charge in [-0.25, -0.2) is 4.68 Å². The quantitative estimate of drug-likeness (QED) is 0.644. The molecule has 0 spiro atoms. The van der Waals surface area contributed by atoms with Crippen molar-refractivity contribution in [2.75, 3.05) is 18.9 Å². The number of fused-ring (bicyclic) bond motifs is 1. The number of rotatable bonds is 6. The summed E-state index contributed by atoms with van der Waals surface area (Å²) in [5.74, 6) is -0.0605. The van der Waals surface area contributed by atoms with Gasteiger partial charge in [-0.15, -0.1) is 11.3 Å². The van der Waals surface area contributed by atoms with Gasteiger partial charge in [-0.3, -0.25) is 4.79 Å². The summed E-state index contributed by atoms with van der Waals surface area (Å²) < 4.78 is 1.96. The smallest absolute Gasteiger partial charge is 0.280 e. The number of aryl methyl sites for hydroxylation is 2. The van der Waals surface area contributed by atoms with Gasteiger partial charge in [0.25, 0.3) is 5.91 Å². The zero-order valence-electron chi connectivity index (χ0n) is 17.6. The maximum atomic E-state index is 12.6. The van der Waals surface area contributed by atoms with Crippen molar-refractivity contribution in [3.63, 3.8) is 0 Å². The van der Waals surface area contributed by atoms with Gasteiger partial charge < -0.3 is 10.2 Å². The first-order valence-corrected chi connectivity index (χ1v) is 11.1. The highest BCUT2D eigenvalue weighted by molar-refractivity contribution is 7.16. The SMILES string of the molecule is Cc1nn(-c2ccccc2)c(C)c1C[NH+](C)CC(=O)Nc1sc2c(c1C#N)CCC2. The van der Waals surface area contributed by atoms with Crippen LogP contribution in [0.5, 0.6) is 0 Å². The van der Waals surface area contributed by atoms with Gasteiger partial charge in [0, 0.05) is 4.88 Å². The third-order valence-corrected chi connectivity index (χ3v) is 6.88. The summed E-state index contributed by atoms with van der Waals surface area (Å²) in [6.07, 6.45) is 3.06. The first-order chi connectivity index (χ1) is 14.5. The second-order valence-electron chi connectivity index (χ2n) is 7.93. The molecule has 154 valence electrons. The largest absolute Gasteiger partial charge is 0.326 e. The van der Waals surface area contributed by atoms with Gasteiger partial charge in [-0.2, -0.15) is 10.4 Å². The molecule has 0 saturated carbocycles. The molecular weight excluding hydrogens is 394 g/mol. The molecule has 1 aliphatic carbocycles. The summed E-state index contributed by atoms with van der Waals surface area (Å²) in [7, 11) is 2.01. The average Bonchev–Trinajstić information content (AvgIpc) is 3.37. The minimum atomic E-state index is -0.0605. The van der Waals surface area contributed by atoms with Crippen molar-refractivity contribution < 1.29 is 9.69 Å². The van der Waals surface area contributed by atoms with Crippen LogP contribution in [0.4, 0.5) is 5.00 Å². The number of nitrogens with zero attached hydrogens (tertiary/aromatic N) is 3. The third kappa shape index (κ3) is 3.89. The van der Waals surface area contributed by atoms with Crippen molar-refractivity contribution in [3.05, 3.63) is 63.3 Å². The first-order valence-electron chi connectivity index (χ1n) is 10.2. The fourth-order valence-corrected chi connectivity index (χ4v) is 5.43. The fraction of sp³-hybridized carbons (Fsp3) is 0.348. The Labute approximate surface area is 180 Å². The van der Waals surface area contributed by atoms with E-state index in [1.165, 1.54) is 4.88 Å². The first kappa shape index (κ1) is 20.3. The highest BCUT2D eigenvalue weighted by atomic mass is 32.1. The number of hydrogen-bond acceptors (Lipinski definition) is 4. The van der Waals surface area contributed by atoms with Crippen LogP contribution in [0.15, 0.2) is 30.3 Å². The molecule has 2 heterocycles. The number of carbonyl (C=O) groups is 1. The van der Waals surface area contributed by atoms with E-state index in [9.17, 15) is 10.1 Å². The lowest BCUT2D eigenvalue weighted by Crippen LogP contribution is -3.08. The van der Waals surface area contributed by atoms with E-state index in [4.69, 9.17) is 5.10 Å². The molecule has 0 bridgehead atoms. The molecule has 0 aliphatic heterocycles. The molecule has 1 atom stereocenters. The fourth-order valence-electron chi connectivity index (χ4n) is 4.17. The van der Waals surface area contributed by atoms with Crippen molar-refractivity contribution in [3.8, 4) is 11.8 Å². The van der Waals surface area contributed by atoms with Crippen molar-refractivity contribution in [2.24, 2.45) is 0 Å². The molecule has 0 saturated heterocycles. The topological polar surface area (TPSA) is 75.2 Å². The molecular formula is C23H26N5OS+. The molecule has 30 heavy (non-hydrogen) atoms. The molecule has 1 aromatic carbocycles. The van der Waals surface area contributed by atoms with Gasteiger partial charge in [-0.1, -0.05) is 18.2 Å². The van der Waals surface area contributed by atoms with E-state index in [2.05, 4.69) is 18.3 Å². The second-order valence-corrected chi connectivity index (χ2v) is 9.03. The number of aromatic nitrogens is 2. The molecule has 4 rings (SSSR count). The Morgan fingerprint density at radius 2 is 2.07 bits per heavy atom. The summed E-state index contributed by atoms with van der Waals surface area (Å²) in [5, 5.41) is 17.9. The highest BCUT2D eigenvalue weighted by Crippen LogP contribution is 2.38. The summed E-state index contributed by atoms with van der Waals surface area (Å²) in [5.41, 5.74) is 6.08. The summed E-state index contributed by atoms with van der Waals surface area (Å²) in [6.45, 7) is 5.14. The van der Waals surface area contributed by atoms with Crippen molar-refractivity contribution in [2.45, 2.75) is 39.7 Å². The average molecular weight is 421 g/mol. The van der Waals surface area contributed by atoms with Crippen LogP contribution >= 0.6 is 11.3 Å². The maximum Gasteiger partial charge on any atom is 0.280 e. The monoisotopic (exact) mass is 420 g/mol. The van der Waals surface area contributed by atoms with E-state index in [1.54, 1.807) is 11.3 Å². The molecule has 3 aromatic rings. The Morgan fingerprint density at radius 3 is 2.80 bits per heavy atom. The van der Waals surface area contributed by atoms with Crippen LogP contribution < -0.4 is 10.2 Å². The maximum absolute atomic E-state index is 12.6. The van der Waals surface area contributed by atoms with E-state index < -0.39 is 0 Å². The van der Waals surface area contributed by atoms with Gasteiger partial charge in [0.2, 0.25) is 0 Å². The molecule has 0 fully saturated rings. The van der Waals surface area contributed by atoms with Gasteiger partial charge in [0.15, 0.2) is 6.54 Å². The van der Waals surface area contributed by atoms with Crippen molar-refractivity contribution in [1.82, 2.24) is 9.78 Å². The molecule has 1 unspecified atom stereocenters. The lowest BCUT2D eigenvalue weighted by molar-refractivity contribution is -0.885. The minimum Gasteiger partial charge on any atom is -0.326 e. The number of anilines is 1. The predicted molar refractivity (Wildman–Crippen MR) is 118 cm³/mol. The van der Waals surface area contributed by atoms with E-state index >= 15 is 0 Å². The van der Waals surface area contributed by atoms with Crippen LogP contribution in [0.2, 0.25) is 0 Å². The number of thiophene rings is 1. The Hall–Kier alpha value is -2.95. The van der Waals surface area contributed by atoms with Crippen LogP contribution in [-0.2, 0) is 24.2 Å². The molecule has 0 radical (unpaired) electrons. The highest BCUT2D eigenvalue weighted by Gasteiger charge is 2.24. The van der Waals surface area contributed by atoms with Crippen LogP contribution in [0.25, 0.3) is 5.69 Å². The van der Waals surface area contributed by atoms with Crippen LogP contribution in [-0.4, -0.2) is 29.3 Å². The Kier molecular flexibility index (Phi) is 5.71. The van der Waals surface area contributed by atoms with E-state index in [-0.39, 0.29) is 5.91 Å². The molecule has 7 heteroatoms. The number of hydrogen-bond donors (Lipinski definition) is 2. The standard InChI is InChI=1S/C23H25N5OS/c1-15-20(16(2)28(26-15)17-8-5-4-6-9-17)13-27(3)14-22(29)25-23-19(12-24)18-10-7-11-21(18)30-23/h4-6,8-9H,7,10-11,13-14H2,1-3H3,(H,25,29)/p+1. The summed E-state index contributed by atoms with van der Waals surface area (Å²) in [6, 6.07) is 12.4. The minimum absolute atomic E-state index is 0.0605. The molecule has 6 nitrogen and oxygen atoms in total. The number of benzene rings is 1. The summed E-state index contributed by atoms with van der Waals surface area (Å²) >= 11 is 1.56. The van der Waals surface area contributed by atoms with E-state index in [1.807, 2.05) is 49.0 Å². The van der Waals surface area contributed by atoms with E-state index in [0.717, 1.165) is 52.4 Å². The van der Waals surface area contributed by atoms with Crippen molar-refractivity contribution in [1.29, 1.82) is 5.26 Å². The predicted octanol–water partition coefficient (Wildman–Crippen LogP) is 2.56. The number of likely N-dealkylation sites (N-methyl/N-ethyl adjacent to an activating group) is 1. The third-order valence-electron chi connectivity index (χ3n) is 5.67. The zero-order chi connectivity index (χ0) is 21.3. The number of quaternary nitrogens is 1. The normalized spacial score (nSPS) is 13.7. The van der Waals surface area contributed by atoms with Gasteiger partial charge in [0.1, 0.15) is 17.6 Å². The number of nitriles is 1. The van der Waals surface area contributed by atoms with Gasteiger partial charge >= 0.3 is 0 Å². The molecule has 1 aliphatic rings. The molecule has 2 N–H and O–H groups in total. The zero-order valence-corrected chi connectivity index (χ0v) is 18.4. The molecule has 2 aromatic heterocycles. The number of para-hydroxylation sites is 1. The van der Waals surface area contributed by atoms with Gasteiger partial charge in [-0.05, 0) is 50.8 Å². The Morgan fingerprint density at radius 1 is 1.30 bits per heavy atom. The summed E-state index contributed by atoms with van der Waals surface area (Å²) in [4.78, 5) is 15.0. The van der Waals surface area contributed by atoms with Gasteiger partial charge in [0.05, 0.1) is 35.2 Å². The van der Waals surface area contributed by atoms with E-state index in [0.29, 0.717) is 23.7 Å². The number of nitrogens with one attached hydrogen (secondary N) is 2.